The Morgan fingerprint density at radius 3 is 2.62 bits per heavy atom. The van der Waals surface area contributed by atoms with Gasteiger partial charge in [0.1, 0.15) is 18.2 Å². The largest absolute Gasteiger partial charge is 0.348 e. The average Bonchev–Trinajstić information content (AvgIpc) is 2.58. The Labute approximate surface area is 159 Å². The molecule has 1 unspecified atom stereocenters. The van der Waals surface area contributed by atoms with E-state index in [1.807, 2.05) is 0 Å². The summed E-state index contributed by atoms with van der Waals surface area (Å²) in [5, 5.41) is 12.6. The molecule has 0 aliphatic heterocycles. The summed E-state index contributed by atoms with van der Waals surface area (Å²) in [6.45, 7) is 3.18. The second-order valence-corrected chi connectivity index (χ2v) is 6.41. The molecule has 1 N–H and O–H groups in total. The van der Waals surface area contributed by atoms with Crippen LogP contribution in [-0.2, 0) is 17.9 Å². The Bertz CT molecular complexity index is 1000. The zero-order chi connectivity index (χ0) is 19.4. The molecule has 0 aliphatic rings. The Balaban J connectivity index is 2.27. The molecule has 1 aromatic carbocycles. The van der Waals surface area contributed by atoms with Crippen LogP contribution < -0.4 is 16.6 Å². The van der Waals surface area contributed by atoms with Crippen LogP contribution in [-0.4, -0.2) is 15.0 Å². The van der Waals surface area contributed by atoms with Gasteiger partial charge < -0.3 is 5.32 Å². The minimum Gasteiger partial charge on any atom is -0.348 e. The van der Waals surface area contributed by atoms with Crippen LogP contribution in [0, 0.1) is 11.3 Å². The van der Waals surface area contributed by atoms with Crippen molar-refractivity contribution >= 4 is 29.1 Å². The van der Waals surface area contributed by atoms with Gasteiger partial charge in [0.05, 0.1) is 6.04 Å². The summed E-state index contributed by atoms with van der Waals surface area (Å²) in [6.07, 6.45) is 1.19. The van der Waals surface area contributed by atoms with Crippen LogP contribution in [0.2, 0.25) is 10.0 Å². The summed E-state index contributed by atoms with van der Waals surface area (Å²) in [7, 11) is 0. The molecule has 0 fully saturated rings. The molecule has 0 aliphatic carbocycles. The minimum atomic E-state index is -0.797. The average molecular weight is 395 g/mol. The van der Waals surface area contributed by atoms with Gasteiger partial charge in [0.15, 0.2) is 0 Å². The van der Waals surface area contributed by atoms with Crippen molar-refractivity contribution in [3.63, 3.8) is 0 Å². The quantitative estimate of drug-likeness (QED) is 0.839. The Morgan fingerprint density at radius 1 is 1.35 bits per heavy atom. The first-order valence-corrected chi connectivity index (χ1v) is 8.52. The zero-order valence-corrected chi connectivity index (χ0v) is 15.6. The third-order valence-electron chi connectivity index (χ3n) is 3.81. The van der Waals surface area contributed by atoms with Crippen molar-refractivity contribution in [1.29, 1.82) is 5.26 Å². The molecule has 9 heteroatoms. The third-order valence-corrected chi connectivity index (χ3v) is 4.37. The highest BCUT2D eigenvalue weighted by atomic mass is 35.5. The number of amides is 1. The Hall–Kier alpha value is -2.56. The van der Waals surface area contributed by atoms with E-state index in [0.717, 1.165) is 4.57 Å². The number of benzene rings is 1. The summed E-state index contributed by atoms with van der Waals surface area (Å²) in [6, 6.07) is 6.16. The second-order valence-electron chi connectivity index (χ2n) is 5.57. The molecular weight excluding hydrogens is 379 g/mol. The fourth-order valence-corrected chi connectivity index (χ4v) is 3.03. The van der Waals surface area contributed by atoms with Gasteiger partial charge in [-0.1, -0.05) is 29.3 Å². The molecule has 0 bridgehead atoms. The monoisotopic (exact) mass is 394 g/mol. The Kier molecular flexibility index (Phi) is 6.24. The van der Waals surface area contributed by atoms with Gasteiger partial charge in [-0.2, -0.15) is 5.26 Å². The summed E-state index contributed by atoms with van der Waals surface area (Å²) in [4.78, 5) is 36.8. The summed E-state index contributed by atoms with van der Waals surface area (Å²) >= 11 is 12.0. The van der Waals surface area contributed by atoms with E-state index in [1.165, 1.54) is 10.8 Å². The van der Waals surface area contributed by atoms with Crippen molar-refractivity contribution in [3.05, 3.63) is 66.4 Å². The van der Waals surface area contributed by atoms with Crippen molar-refractivity contribution in [2.45, 2.75) is 33.0 Å². The Morgan fingerprint density at radius 2 is 2.04 bits per heavy atom. The lowest BCUT2D eigenvalue weighted by atomic mass is 10.1. The predicted molar refractivity (Wildman–Crippen MR) is 98.4 cm³/mol. The first-order chi connectivity index (χ1) is 12.3. The maximum Gasteiger partial charge on any atom is 0.331 e. The number of carbonyl (C=O) groups is 1. The van der Waals surface area contributed by atoms with Crippen molar-refractivity contribution < 1.29 is 4.79 Å². The lowest BCUT2D eigenvalue weighted by molar-refractivity contribution is -0.122. The molecule has 1 amide bonds. The van der Waals surface area contributed by atoms with E-state index in [4.69, 9.17) is 28.5 Å². The normalized spacial score (nSPS) is 11.7. The first-order valence-electron chi connectivity index (χ1n) is 7.77. The predicted octanol–water partition coefficient (Wildman–Crippen LogP) is 2.09. The molecule has 0 saturated carbocycles. The fraction of sp³-hybridized carbons (Fsp3) is 0.294. The van der Waals surface area contributed by atoms with Gasteiger partial charge in [-0.3, -0.25) is 14.2 Å². The highest BCUT2D eigenvalue weighted by Gasteiger charge is 2.17. The van der Waals surface area contributed by atoms with Gasteiger partial charge in [-0.15, -0.1) is 0 Å². The van der Waals surface area contributed by atoms with Gasteiger partial charge in [0.25, 0.3) is 5.56 Å². The lowest BCUT2D eigenvalue weighted by Gasteiger charge is -2.16. The number of aryl methyl sites for hydroxylation is 1. The van der Waals surface area contributed by atoms with Crippen LogP contribution in [0.1, 0.15) is 31.0 Å². The van der Waals surface area contributed by atoms with Gasteiger partial charge in [0.2, 0.25) is 5.91 Å². The zero-order valence-electron chi connectivity index (χ0n) is 14.1. The number of rotatable bonds is 5. The van der Waals surface area contributed by atoms with Crippen LogP contribution in [0.3, 0.4) is 0 Å². The molecule has 0 spiro atoms. The lowest BCUT2D eigenvalue weighted by Crippen LogP contribution is -2.44. The summed E-state index contributed by atoms with van der Waals surface area (Å²) in [5.74, 6) is -0.555. The standard InChI is InChI=1S/C17H16Cl2N4O3/c1-3-22-8-11(7-20)16(25)23(17(22)26)9-15(24)21-10(2)13-5-4-12(18)6-14(13)19/h4-6,8,10H,3,9H2,1-2H3,(H,21,24). The number of halogens is 2. The molecule has 1 heterocycles. The summed E-state index contributed by atoms with van der Waals surface area (Å²) < 4.78 is 1.94. The van der Waals surface area contributed by atoms with Gasteiger partial charge in [-0.05, 0) is 31.5 Å². The molecular formula is C17H16Cl2N4O3. The number of nitrogens with one attached hydrogen (secondary N) is 1. The van der Waals surface area contributed by atoms with Crippen LogP contribution in [0.4, 0.5) is 0 Å². The molecule has 1 aromatic heterocycles. The molecule has 136 valence electrons. The van der Waals surface area contributed by atoms with Gasteiger partial charge in [-0.25, -0.2) is 9.36 Å². The van der Waals surface area contributed by atoms with Gasteiger partial charge >= 0.3 is 5.69 Å². The molecule has 26 heavy (non-hydrogen) atoms. The van der Waals surface area contributed by atoms with Crippen LogP contribution >= 0.6 is 23.2 Å². The van der Waals surface area contributed by atoms with Gasteiger partial charge in [0, 0.05) is 22.8 Å². The summed E-state index contributed by atoms with van der Waals surface area (Å²) in [5.41, 5.74) is -1.00. The number of nitrogens with zero attached hydrogens (tertiary/aromatic N) is 3. The van der Waals surface area contributed by atoms with E-state index in [2.05, 4.69) is 5.32 Å². The molecule has 2 aromatic rings. The SMILES string of the molecule is CCn1cc(C#N)c(=O)n(CC(=O)NC(C)c2ccc(Cl)cc2Cl)c1=O. The van der Waals surface area contributed by atoms with Crippen LogP contribution in [0.15, 0.2) is 34.0 Å². The van der Waals surface area contributed by atoms with Crippen LogP contribution in [0.25, 0.3) is 0 Å². The van der Waals surface area contributed by atoms with E-state index in [9.17, 15) is 14.4 Å². The van der Waals surface area contributed by atoms with E-state index >= 15 is 0 Å². The molecule has 1 atom stereocenters. The van der Waals surface area contributed by atoms with Crippen LogP contribution in [0.5, 0.6) is 0 Å². The topological polar surface area (TPSA) is 96.9 Å². The fourth-order valence-electron chi connectivity index (χ4n) is 2.46. The van der Waals surface area contributed by atoms with E-state index in [-0.39, 0.29) is 12.1 Å². The molecule has 7 nitrogen and oxygen atoms in total. The van der Waals surface area contributed by atoms with Crippen molar-refractivity contribution in [2.75, 3.05) is 0 Å². The maximum absolute atomic E-state index is 12.3. The molecule has 0 saturated heterocycles. The smallest absolute Gasteiger partial charge is 0.331 e. The highest BCUT2D eigenvalue weighted by molar-refractivity contribution is 6.35. The second kappa shape index (κ2) is 8.21. The van der Waals surface area contributed by atoms with E-state index in [1.54, 1.807) is 38.1 Å². The molecule has 0 radical (unpaired) electrons. The molecule has 2 rings (SSSR count). The number of hydrogen-bond donors (Lipinski definition) is 1. The number of hydrogen-bond acceptors (Lipinski definition) is 4. The van der Waals surface area contributed by atoms with Crippen molar-refractivity contribution in [3.8, 4) is 6.07 Å². The van der Waals surface area contributed by atoms with E-state index < -0.39 is 29.7 Å². The van der Waals surface area contributed by atoms with Crippen molar-refractivity contribution in [1.82, 2.24) is 14.5 Å². The minimum absolute atomic E-state index is 0.201. The van der Waals surface area contributed by atoms with Crippen molar-refractivity contribution in [2.24, 2.45) is 0 Å². The number of aromatic nitrogens is 2. The number of nitriles is 1. The highest BCUT2D eigenvalue weighted by Crippen LogP contribution is 2.25. The first kappa shape index (κ1) is 19.8. The van der Waals surface area contributed by atoms with E-state index in [0.29, 0.717) is 15.6 Å². The number of carbonyl (C=O) groups excluding carboxylic acids is 1. The third kappa shape index (κ3) is 4.15. The maximum atomic E-state index is 12.3.